The first kappa shape index (κ1) is 53.6. The van der Waals surface area contributed by atoms with Gasteiger partial charge in [0.05, 0.1) is 24.6 Å². The van der Waals surface area contributed by atoms with Crippen LogP contribution in [0.5, 0.6) is 5.75 Å². The molecule has 0 bridgehead atoms. The van der Waals surface area contributed by atoms with Crippen LogP contribution in [0.2, 0.25) is 0 Å². The highest BCUT2D eigenvalue weighted by Crippen LogP contribution is 2.44. The number of nitrogens with one attached hydrogen (secondary N) is 4. The van der Waals surface area contributed by atoms with E-state index in [1.54, 1.807) is 12.2 Å². The Kier molecular flexibility index (Phi) is 21.5. The number of hydrogen-bond donors (Lipinski definition) is 5. The fourth-order valence-electron chi connectivity index (χ4n) is 8.50. The van der Waals surface area contributed by atoms with Gasteiger partial charge >= 0.3 is 18.2 Å². The van der Waals surface area contributed by atoms with Crippen molar-refractivity contribution in [2.75, 3.05) is 26.4 Å². The molecule has 5 aromatic carbocycles. The van der Waals surface area contributed by atoms with E-state index >= 15 is 0 Å². The van der Waals surface area contributed by atoms with Gasteiger partial charge in [-0.3, -0.25) is 9.59 Å². The maximum absolute atomic E-state index is 14.0. The average Bonchev–Trinajstić information content (AvgIpc) is 3.73. The third-order valence-corrected chi connectivity index (χ3v) is 12.3. The predicted molar refractivity (Wildman–Crippen MR) is 276 cm³/mol. The van der Waals surface area contributed by atoms with E-state index in [0.717, 1.165) is 38.9 Å². The Hall–Kier alpha value is -7.71. The Balaban J connectivity index is 1.03. The molecular weight excluding hydrogens is 913 g/mol. The summed E-state index contributed by atoms with van der Waals surface area (Å²) in [6.45, 7) is 7.90. The number of esters is 1. The van der Waals surface area contributed by atoms with Gasteiger partial charge in [0.25, 0.3) is 0 Å². The van der Waals surface area contributed by atoms with Gasteiger partial charge in [0.2, 0.25) is 11.8 Å². The Morgan fingerprint density at radius 1 is 0.625 bits per heavy atom. The van der Waals surface area contributed by atoms with Crippen molar-refractivity contribution < 1.29 is 48.0 Å². The molecule has 0 saturated heterocycles. The quantitative estimate of drug-likeness (QED) is 0.0134. The molecule has 72 heavy (non-hydrogen) atoms. The fourth-order valence-corrected chi connectivity index (χ4v) is 8.50. The minimum Gasteiger partial charge on any atom is -0.489 e. The summed E-state index contributed by atoms with van der Waals surface area (Å²) in [7, 11) is 0. The van der Waals surface area contributed by atoms with Gasteiger partial charge < -0.3 is 45.3 Å². The summed E-state index contributed by atoms with van der Waals surface area (Å²) in [5, 5.41) is 21.5. The van der Waals surface area contributed by atoms with Gasteiger partial charge in [0.1, 0.15) is 38.2 Å². The number of fused-ring (bicyclic) bond motifs is 3. The van der Waals surface area contributed by atoms with E-state index in [1.165, 1.54) is 0 Å². The molecule has 0 radical (unpaired) electrons. The first-order valence-electron chi connectivity index (χ1n) is 24.5. The second-order valence-electron chi connectivity index (χ2n) is 17.7. The lowest BCUT2D eigenvalue weighted by atomic mass is 9.98. The SMILES string of the molecule is C=CCCC(NC(=O)OCC1c2ccccc2-c2ccccc21)C(=O)OCC(CCCCNC(=O)OCc1ccccc1)NC(=O)C(CC=C)CC(=O)NC(CO)Cc1ccc(OCc2ccccc2)cc1. The van der Waals surface area contributed by atoms with Crippen molar-refractivity contribution in [3.63, 3.8) is 0 Å². The van der Waals surface area contributed by atoms with Crippen molar-refractivity contribution >= 4 is 30.0 Å². The average molecular weight is 979 g/mol. The zero-order valence-corrected chi connectivity index (χ0v) is 40.7. The van der Waals surface area contributed by atoms with Crippen molar-refractivity contribution in [3.8, 4) is 16.9 Å². The minimum atomic E-state index is -1.08. The Labute approximate surface area is 422 Å². The van der Waals surface area contributed by atoms with E-state index in [1.807, 2.05) is 133 Å². The summed E-state index contributed by atoms with van der Waals surface area (Å²) in [6, 6.07) is 40.1. The molecule has 0 aromatic heterocycles. The van der Waals surface area contributed by atoms with Crippen LogP contribution in [0.1, 0.15) is 78.7 Å². The molecular formula is C58H66N4O10. The molecule has 14 heteroatoms. The zero-order chi connectivity index (χ0) is 50.9. The third-order valence-electron chi connectivity index (χ3n) is 12.3. The molecule has 0 fully saturated rings. The van der Waals surface area contributed by atoms with E-state index in [0.29, 0.717) is 51.0 Å². The first-order chi connectivity index (χ1) is 35.1. The molecule has 0 aliphatic heterocycles. The van der Waals surface area contributed by atoms with Crippen LogP contribution in [0.3, 0.4) is 0 Å². The predicted octanol–water partition coefficient (Wildman–Crippen LogP) is 8.87. The number of unbranched alkanes of at least 4 members (excludes halogenated alkanes) is 1. The number of aliphatic hydroxyl groups is 1. The summed E-state index contributed by atoms with van der Waals surface area (Å²) >= 11 is 0. The van der Waals surface area contributed by atoms with Gasteiger partial charge in [-0.2, -0.15) is 0 Å². The third kappa shape index (κ3) is 17.0. The van der Waals surface area contributed by atoms with E-state index in [2.05, 4.69) is 34.4 Å². The Morgan fingerprint density at radius 2 is 1.26 bits per heavy atom. The number of benzene rings is 5. The molecule has 4 unspecified atom stereocenters. The first-order valence-corrected chi connectivity index (χ1v) is 24.5. The van der Waals surface area contributed by atoms with Crippen molar-refractivity contribution in [2.24, 2.45) is 5.92 Å². The van der Waals surface area contributed by atoms with E-state index < -0.39 is 54.0 Å². The molecule has 4 atom stereocenters. The van der Waals surface area contributed by atoms with Gasteiger partial charge in [-0.1, -0.05) is 133 Å². The highest BCUT2D eigenvalue weighted by Gasteiger charge is 2.31. The lowest BCUT2D eigenvalue weighted by Crippen LogP contribution is -2.46. The molecule has 5 aromatic rings. The second kappa shape index (κ2) is 28.8. The number of allylic oxidation sites excluding steroid dienone is 2. The van der Waals surface area contributed by atoms with E-state index in [-0.39, 0.29) is 51.6 Å². The summed E-state index contributed by atoms with van der Waals surface area (Å²) in [5.74, 6) is -1.94. The smallest absolute Gasteiger partial charge is 0.407 e. The number of ether oxygens (including phenoxy) is 4. The van der Waals surface area contributed by atoms with Crippen LogP contribution in [-0.4, -0.2) is 79.6 Å². The highest BCUT2D eigenvalue weighted by atomic mass is 16.6. The number of carbonyl (C=O) groups is 5. The van der Waals surface area contributed by atoms with Crippen LogP contribution in [0, 0.1) is 5.92 Å². The van der Waals surface area contributed by atoms with Gasteiger partial charge in [-0.05, 0) is 96.0 Å². The molecule has 5 N–H and O–H groups in total. The molecule has 0 heterocycles. The van der Waals surface area contributed by atoms with Gasteiger partial charge in [-0.15, -0.1) is 13.2 Å². The molecule has 4 amide bonds. The molecule has 378 valence electrons. The highest BCUT2D eigenvalue weighted by molar-refractivity contribution is 5.86. The monoisotopic (exact) mass is 978 g/mol. The van der Waals surface area contributed by atoms with Crippen LogP contribution in [-0.2, 0) is 48.2 Å². The minimum absolute atomic E-state index is 0.0564. The Morgan fingerprint density at radius 3 is 1.90 bits per heavy atom. The van der Waals surface area contributed by atoms with E-state index in [9.17, 15) is 29.1 Å². The van der Waals surface area contributed by atoms with Crippen LogP contribution in [0.15, 0.2) is 159 Å². The summed E-state index contributed by atoms with van der Waals surface area (Å²) in [4.78, 5) is 66.8. The number of rotatable bonds is 29. The number of carbonyl (C=O) groups excluding carboxylic acids is 5. The fraction of sp³-hybridized carbons (Fsp3) is 0.328. The number of hydrogen-bond acceptors (Lipinski definition) is 10. The summed E-state index contributed by atoms with van der Waals surface area (Å²) in [6.07, 6.45) is 4.09. The molecule has 1 aliphatic carbocycles. The molecule has 6 rings (SSSR count). The number of alkyl carbamates (subject to hydrolysis) is 2. The standard InChI is InChI=1S/C58H66N4O10/c1-3-5-28-53(62-58(68)72-40-52-50-26-14-12-24-48(50)49-25-13-15-27-51(49)52)56(66)70-39-45(23-16-17-33-59-57(67)71-38-43-21-10-7-11-22-43)61-55(65)44(18-4-2)35-54(64)60-46(36-63)34-41-29-31-47(32-30-41)69-37-42-19-8-6-9-20-42/h3-4,6-15,19-22,24-27,29-32,44-46,52-53,63H,1-2,5,16-18,23,28,33-40H2,(H,59,67)(H,60,64)(H,61,65)(H,62,68). The lowest BCUT2D eigenvalue weighted by Gasteiger charge is -2.24. The molecule has 14 nitrogen and oxygen atoms in total. The number of amides is 4. The zero-order valence-electron chi connectivity index (χ0n) is 40.7. The van der Waals surface area contributed by atoms with Gasteiger partial charge in [0, 0.05) is 18.9 Å². The summed E-state index contributed by atoms with van der Waals surface area (Å²) in [5.41, 5.74) is 7.04. The van der Waals surface area contributed by atoms with Gasteiger partial charge in [-0.25, -0.2) is 14.4 Å². The van der Waals surface area contributed by atoms with Crippen molar-refractivity contribution in [1.29, 1.82) is 0 Å². The summed E-state index contributed by atoms with van der Waals surface area (Å²) < 4.78 is 22.8. The van der Waals surface area contributed by atoms with Crippen LogP contribution in [0.25, 0.3) is 11.1 Å². The van der Waals surface area contributed by atoms with Crippen LogP contribution in [0.4, 0.5) is 9.59 Å². The number of aliphatic hydroxyl groups excluding tert-OH is 1. The van der Waals surface area contributed by atoms with Crippen LogP contribution >= 0.6 is 0 Å². The lowest BCUT2D eigenvalue weighted by molar-refractivity contribution is -0.147. The molecule has 0 saturated carbocycles. The van der Waals surface area contributed by atoms with Crippen molar-refractivity contribution in [2.45, 2.75) is 88.6 Å². The van der Waals surface area contributed by atoms with Crippen molar-refractivity contribution in [3.05, 3.63) is 187 Å². The maximum atomic E-state index is 14.0. The van der Waals surface area contributed by atoms with Crippen LogP contribution < -0.4 is 26.0 Å². The second-order valence-corrected chi connectivity index (χ2v) is 17.7. The largest absolute Gasteiger partial charge is 0.489 e. The van der Waals surface area contributed by atoms with Gasteiger partial charge in [0.15, 0.2) is 0 Å². The molecule has 1 aliphatic rings. The maximum Gasteiger partial charge on any atom is 0.407 e. The topological polar surface area (TPSA) is 191 Å². The molecule has 0 spiro atoms. The van der Waals surface area contributed by atoms with E-state index in [4.69, 9.17) is 18.9 Å². The Bertz CT molecular complexity index is 2490. The normalized spacial score (nSPS) is 13.1. The van der Waals surface area contributed by atoms with Crippen molar-refractivity contribution in [1.82, 2.24) is 21.3 Å².